The summed E-state index contributed by atoms with van der Waals surface area (Å²) in [4.78, 5) is 44.3. The number of halogens is 4. The first kappa shape index (κ1) is 71.4. The number of nitrogens with two attached hydrogens (primary N) is 1. The highest BCUT2D eigenvalue weighted by Crippen LogP contribution is 2.40. The van der Waals surface area contributed by atoms with Crippen molar-refractivity contribution in [1.82, 2.24) is 50.7 Å². The van der Waals surface area contributed by atoms with Crippen molar-refractivity contribution in [1.29, 1.82) is 0 Å². The van der Waals surface area contributed by atoms with Crippen molar-refractivity contribution in [2.45, 2.75) is 34.7 Å². The predicted octanol–water partition coefficient (Wildman–Crippen LogP) is 4.38. The molecule has 0 aromatic heterocycles. The number of nitrogens with zero attached hydrogens (tertiary/aromatic N) is 3. The molecule has 2 heterocycles. The van der Waals surface area contributed by atoms with Gasteiger partial charge in [-0.05, 0) is 96.0 Å². The molecule has 87 heavy (non-hydrogen) atoms. The van der Waals surface area contributed by atoms with E-state index in [1.54, 1.807) is 48.5 Å². The third kappa shape index (κ3) is 24.2. The smallest absolute Gasteiger partial charge is 0.317 e. The number of likely N-dealkylation sites (N-methyl/N-ethyl adjacent to an activating group) is 2. The molecule has 30 heteroatoms. The number of ether oxygens (including phenoxy) is 6. The number of urea groups is 3. The van der Waals surface area contributed by atoms with Crippen LogP contribution in [0.25, 0.3) is 0 Å². The molecule has 0 radical (unpaired) electrons. The van der Waals surface area contributed by atoms with Crippen molar-refractivity contribution in [3.8, 4) is 0 Å². The average molecular weight is 1330 g/mol. The van der Waals surface area contributed by atoms with Crippen molar-refractivity contribution >= 4 is 84.5 Å². The highest BCUT2D eigenvalue weighted by molar-refractivity contribution is 7.89. The highest BCUT2D eigenvalue weighted by Gasteiger charge is 2.30. The lowest BCUT2D eigenvalue weighted by molar-refractivity contribution is 0.0516. The van der Waals surface area contributed by atoms with E-state index >= 15 is 0 Å². The Kier molecular flexibility index (Phi) is 30.7. The third-order valence-corrected chi connectivity index (χ3v) is 17.8. The van der Waals surface area contributed by atoms with Gasteiger partial charge in [0, 0.05) is 124 Å². The van der Waals surface area contributed by atoms with Gasteiger partial charge in [0.05, 0.1) is 89.1 Å². The van der Waals surface area contributed by atoms with Gasteiger partial charge in [0.1, 0.15) is 0 Å². The zero-order chi connectivity index (χ0) is 62.6. The number of sulfonamides is 2. The number of carbonyl (C=O) groups is 3. The van der Waals surface area contributed by atoms with Crippen molar-refractivity contribution in [2.24, 2.45) is 5.73 Å². The summed E-state index contributed by atoms with van der Waals surface area (Å²) in [5.41, 5.74) is 11.0. The summed E-state index contributed by atoms with van der Waals surface area (Å²) in [5.74, 6) is -0.239. The molecule has 0 fully saturated rings. The molecule has 4 aromatic carbocycles. The van der Waals surface area contributed by atoms with Crippen molar-refractivity contribution in [3.05, 3.63) is 126 Å². The fourth-order valence-corrected chi connectivity index (χ4v) is 12.9. The number of hydrogen-bond acceptors (Lipinski definition) is 16. The second-order valence-corrected chi connectivity index (χ2v) is 25.6. The van der Waals surface area contributed by atoms with Crippen LogP contribution in [0.4, 0.5) is 14.4 Å². The van der Waals surface area contributed by atoms with Crippen molar-refractivity contribution < 1.29 is 59.6 Å². The number of hydrogen-bond donors (Lipinski definition) is 8. The first-order valence-electron chi connectivity index (χ1n) is 28.6. The fourth-order valence-electron chi connectivity index (χ4n) is 9.63. The monoisotopic (exact) mass is 1330 g/mol. The lowest BCUT2D eigenvalue weighted by Crippen LogP contribution is -2.49. The fraction of sp³-hybridized carbons (Fsp3) is 0.526. The maximum absolute atomic E-state index is 13.2. The van der Waals surface area contributed by atoms with Gasteiger partial charge in [0.25, 0.3) is 0 Å². The summed E-state index contributed by atoms with van der Waals surface area (Å²) >= 11 is 25.8. The quantitative estimate of drug-likeness (QED) is 0.0289. The first-order chi connectivity index (χ1) is 41.8. The van der Waals surface area contributed by atoms with E-state index in [0.717, 1.165) is 33.4 Å². The van der Waals surface area contributed by atoms with E-state index in [4.69, 9.17) is 80.6 Å². The van der Waals surface area contributed by atoms with Gasteiger partial charge in [-0.3, -0.25) is 0 Å². The second-order valence-electron chi connectivity index (χ2n) is 20.4. The molecule has 482 valence electrons. The molecule has 9 N–H and O–H groups in total. The zero-order valence-corrected chi connectivity index (χ0v) is 53.7. The van der Waals surface area contributed by atoms with Crippen molar-refractivity contribution in [3.63, 3.8) is 0 Å². The molecule has 0 saturated carbocycles. The van der Waals surface area contributed by atoms with Crippen LogP contribution in [0.5, 0.6) is 0 Å². The summed E-state index contributed by atoms with van der Waals surface area (Å²) in [6.07, 6.45) is 0. The molecule has 0 aliphatic carbocycles. The zero-order valence-electron chi connectivity index (χ0n) is 49.0. The largest absolute Gasteiger partial charge is 0.378 e. The number of carbonyl (C=O) groups excluding carboxylic acids is 3. The molecule has 2 aliphatic rings. The highest BCUT2D eigenvalue weighted by atomic mass is 35.5. The molecule has 24 nitrogen and oxygen atoms in total. The van der Waals surface area contributed by atoms with Gasteiger partial charge in [-0.2, -0.15) is 0 Å². The summed E-state index contributed by atoms with van der Waals surface area (Å²) < 4.78 is 91.2. The molecule has 6 rings (SSSR count). The van der Waals surface area contributed by atoms with Crippen LogP contribution in [0.3, 0.4) is 0 Å². The minimum Gasteiger partial charge on any atom is -0.378 e. The molecule has 4 aromatic rings. The van der Waals surface area contributed by atoms with E-state index in [-0.39, 0.29) is 140 Å². The van der Waals surface area contributed by atoms with Gasteiger partial charge in [-0.1, -0.05) is 70.7 Å². The predicted molar refractivity (Wildman–Crippen MR) is 334 cm³/mol. The average Bonchev–Trinajstić information content (AvgIpc) is 2.55. The SMILES string of the molecule is CN1Cc2c(Cl)cc(Cl)cc2[C@H](c2cccc(S(=O)(=O)NCCOCCOCCNC(=O)NCCN(CCNC(=O)NCCOCCOCCNS(=O)(=O)c3cccc([C@@H]4CN(C)Cc5c(Cl)cc(Cl)cc54)c3)C(=O)NCCOCCOCCN)c2)C1. The van der Waals surface area contributed by atoms with E-state index < -0.39 is 38.1 Å². The number of amides is 6. The van der Waals surface area contributed by atoms with Crippen LogP contribution in [-0.4, -0.2) is 222 Å². The first-order valence-corrected chi connectivity index (χ1v) is 33.1. The van der Waals surface area contributed by atoms with E-state index in [1.165, 1.54) is 4.90 Å². The topological polar surface area (TPSA) is 295 Å². The number of fused-ring (bicyclic) bond motifs is 2. The summed E-state index contributed by atoms with van der Waals surface area (Å²) in [7, 11) is -3.70. The molecular formula is C57H81Cl4N11O13S2. The van der Waals surface area contributed by atoms with E-state index in [2.05, 4.69) is 45.8 Å². The van der Waals surface area contributed by atoms with Crippen LogP contribution in [0.15, 0.2) is 82.6 Å². The normalized spacial score (nSPS) is 15.3. The Morgan fingerprint density at radius 2 is 0.874 bits per heavy atom. The maximum Gasteiger partial charge on any atom is 0.317 e. The summed E-state index contributed by atoms with van der Waals surface area (Å²) in [6, 6.07) is 19.5. The Labute approximate surface area is 530 Å². The standard InChI is InChI=1S/C57H81Cl4N11O13S2/c1-70-37-49(47-33-43(58)35-53(60)51(47)39-70)41-5-3-7-45(31-41)86(76,77)68-15-23-84-29-27-81-20-12-65-55(73)63-10-17-72(57(75)67-14-22-83-26-25-80-19-9-62)18-11-64-56(74)66-13-21-82-28-30-85-24-16-69-87(78,79)46-8-4-6-42(32-46)50-38-71(2)40-52-48(50)34-44(59)36-54(52)61/h3-8,31-36,49-50,68-69H,9-30,37-40,62H2,1-2H3,(H,67,75)(H2,63,65,73)(H2,64,66,74)/t49-,50-/m0/s1. The number of nitrogens with one attached hydrogen (secondary N) is 7. The number of rotatable bonds is 38. The van der Waals surface area contributed by atoms with Crippen LogP contribution in [-0.2, 0) is 61.6 Å². The van der Waals surface area contributed by atoms with Gasteiger partial charge in [0.15, 0.2) is 0 Å². The molecule has 0 spiro atoms. The third-order valence-electron chi connectivity index (χ3n) is 13.8. The summed E-state index contributed by atoms with van der Waals surface area (Å²) in [5, 5.41) is 15.8. The van der Waals surface area contributed by atoms with E-state index in [0.29, 0.717) is 72.6 Å². The molecule has 0 unspecified atom stereocenters. The molecular weight excluding hydrogens is 1250 g/mol. The second kappa shape index (κ2) is 37.5. The molecule has 0 bridgehead atoms. The minimum absolute atomic E-state index is 0.0409. The summed E-state index contributed by atoms with van der Waals surface area (Å²) in [6.45, 7) is 6.84. The molecule has 6 amide bonds. The van der Waals surface area contributed by atoms with Gasteiger partial charge in [-0.15, -0.1) is 0 Å². The van der Waals surface area contributed by atoms with E-state index in [1.807, 2.05) is 38.4 Å². The number of benzene rings is 4. The maximum atomic E-state index is 13.2. The Bertz CT molecular complexity index is 2890. The lowest BCUT2D eigenvalue weighted by Gasteiger charge is -2.33. The Morgan fingerprint density at radius 1 is 0.506 bits per heavy atom. The molecule has 2 aliphatic heterocycles. The lowest BCUT2D eigenvalue weighted by atomic mass is 9.85. The molecule has 0 saturated heterocycles. The van der Waals surface area contributed by atoms with Crippen LogP contribution in [0.1, 0.15) is 45.2 Å². The molecule has 2 atom stereocenters. The van der Waals surface area contributed by atoms with Gasteiger partial charge < -0.3 is 75.4 Å². The van der Waals surface area contributed by atoms with Gasteiger partial charge in [-0.25, -0.2) is 40.7 Å². The van der Waals surface area contributed by atoms with Crippen LogP contribution >= 0.6 is 46.4 Å². The minimum atomic E-state index is -3.84. The van der Waals surface area contributed by atoms with Gasteiger partial charge >= 0.3 is 18.1 Å². The Balaban J connectivity index is 0.799. The van der Waals surface area contributed by atoms with E-state index in [9.17, 15) is 31.2 Å². The van der Waals surface area contributed by atoms with Gasteiger partial charge in [0.2, 0.25) is 20.0 Å². The van der Waals surface area contributed by atoms with Crippen molar-refractivity contribution in [2.75, 3.05) is 172 Å². The Hall–Kier alpha value is -4.69. The van der Waals surface area contributed by atoms with Crippen LogP contribution in [0.2, 0.25) is 20.1 Å². The Morgan fingerprint density at radius 3 is 1.28 bits per heavy atom. The van der Waals surface area contributed by atoms with Crippen LogP contribution < -0.4 is 41.8 Å². The van der Waals surface area contributed by atoms with Crippen LogP contribution in [0, 0.1) is 0 Å².